The number of halogens is 1. The van der Waals surface area contributed by atoms with E-state index in [1.54, 1.807) is 12.3 Å². The van der Waals surface area contributed by atoms with Gasteiger partial charge in [0.2, 0.25) is 0 Å². The molecule has 0 aliphatic heterocycles. The first-order chi connectivity index (χ1) is 14.9. The third-order valence-corrected chi connectivity index (χ3v) is 5.45. The summed E-state index contributed by atoms with van der Waals surface area (Å²) in [5.74, 6) is 0.343. The lowest BCUT2D eigenvalue weighted by Crippen LogP contribution is -2.34. The van der Waals surface area contributed by atoms with Crippen LogP contribution in [0.4, 0.5) is 5.69 Å². The highest BCUT2D eigenvalue weighted by Gasteiger charge is 2.10. The summed E-state index contributed by atoms with van der Waals surface area (Å²) >= 11 is 8.54. The molecule has 0 bridgehead atoms. The maximum Gasteiger partial charge on any atom is 0.259 e. The van der Waals surface area contributed by atoms with E-state index in [2.05, 4.69) is 50.4 Å². The van der Waals surface area contributed by atoms with E-state index in [0.717, 1.165) is 26.8 Å². The first-order valence-corrected chi connectivity index (χ1v) is 10.8. The third kappa shape index (κ3) is 5.15. The minimum Gasteiger partial charge on any atom is -0.440 e. The molecule has 0 atom stereocenters. The number of thiocarbonyl (C=S) groups is 1. The standard InChI is InChI=1S/C23H19BrN4O2S/c1-13-7-19-20(8-14(13)2)30-21(27-19)9-15-3-5-18(6-4-15)26-23(31)28-22(29)16-10-17(24)12-25-11-16/h3-8,10-12H,9H2,1-2H3,(H2,26,28,29,31). The number of pyridine rings is 1. The van der Waals surface area contributed by atoms with E-state index in [0.29, 0.717) is 17.9 Å². The molecule has 0 aliphatic carbocycles. The molecule has 2 aromatic heterocycles. The van der Waals surface area contributed by atoms with Crippen molar-refractivity contribution in [2.75, 3.05) is 5.32 Å². The largest absolute Gasteiger partial charge is 0.440 e. The van der Waals surface area contributed by atoms with E-state index in [9.17, 15) is 4.79 Å². The van der Waals surface area contributed by atoms with Gasteiger partial charge in [0, 0.05) is 29.0 Å². The van der Waals surface area contributed by atoms with Gasteiger partial charge in [-0.05, 0) is 89.0 Å². The molecule has 8 heteroatoms. The number of carbonyl (C=O) groups excluding carboxylic acids is 1. The number of nitrogens with zero attached hydrogens (tertiary/aromatic N) is 2. The number of anilines is 1. The summed E-state index contributed by atoms with van der Waals surface area (Å²) in [6.45, 7) is 4.13. The van der Waals surface area contributed by atoms with Crippen molar-refractivity contribution in [3.8, 4) is 0 Å². The highest BCUT2D eigenvalue weighted by molar-refractivity contribution is 9.10. The molecule has 4 rings (SSSR count). The molecule has 0 saturated heterocycles. The molecule has 0 radical (unpaired) electrons. The molecule has 2 N–H and O–H groups in total. The smallest absolute Gasteiger partial charge is 0.259 e. The number of amides is 1. The summed E-state index contributed by atoms with van der Waals surface area (Å²) in [4.78, 5) is 20.8. The van der Waals surface area contributed by atoms with Crippen LogP contribution in [0.2, 0.25) is 0 Å². The Morgan fingerprint density at radius 3 is 2.58 bits per heavy atom. The van der Waals surface area contributed by atoms with Gasteiger partial charge in [-0.2, -0.15) is 0 Å². The molecule has 0 aliphatic rings. The van der Waals surface area contributed by atoms with Crippen molar-refractivity contribution in [2.24, 2.45) is 0 Å². The fourth-order valence-corrected chi connectivity index (χ4v) is 3.63. The summed E-state index contributed by atoms with van der Waals surface area (Å²) in [6, 6.07) is 13.5. The Hall–Kier alpha value is -3.10. The lowest BCUT2D eigenvalue weighted by Gasteiger charge is -2.10. The first kappa shape index (κ1) is 21.1. The Bertz CT molecular complexity index is 1250. The summed E-state index contributed by atoms with van der Waals surface area (Å²) in [7, 11) is 0. The maximum atomic E-state index is 12.3. The quantitative estimate of drug-likeness (QED) is 0.373. The second-order valence-corrected chi connectivity index (χ2v) is 8.51. The van der Waals surface area contributed by atoms with E-state index >= 15 is 0 Å². The van der Waals surface area contributed by atoms with Crippen molar-refractivity contribution < 1.29 is 9.21 Å². The number of fused-ring (bicyclic) bond motifs is 1. The SMILES string of the molecule is Cc1cc2nc(Cc3ccc(NC(=S)NC(=O)c4cncc(Br)c4)cc3)oc2cc1C. The summed E-state index contributed by atoms with van der Waals surface area (Å²) < 4.78 is 6.61. The Labute approximate surface area is 193 Å². The van der Waals surface area contributed by atoms with Gasteiger partial charge >= 0.3 is 0 Å². The molecule has 0 saturated carbocycles. The van der Waals surface area contributed by atoms with E-state index < -0.39 is 0 Å². The highest BCUT2D eigenvalue weighted by atomic mass is 79.9. The van der Waals surface area contributed by atoms with Crippen LogP contribution in [-0.2, 0) is 6.42 Å². The van der Waals surface area contributed by atoms with Gasteiger partial charge in [-0.25, -0.2) is 4.98 Å². The summed E-state index contributed by atoms with van der Waals surface area (Å²) in [5, 5.41) is 5.87. The summed E-state index contributed by atoms with van der Waals surface area (Å²) in [5.41, 5.74) is 6.30. The van der Waals surface area contributed by atoms with Crippen LogP contribution in [0.1, 0.15) is 32.9 Å². The molecule has 2 aromatic carbocycles. The molecule has 31 heavy (non-hydrogen) atoms. The fraction of sp³-hybridized carbons (Fsp3) is 0.130. The number of benzene rings is 2. The van der Waals surface area contributed by atoms with Gasteiger partial charge in [0.15, 0.2) is 16.6 Å². The maximum absolute atomic E-state index is 12.3. The van der Waals surface area contributed by atoms with Gasteiger partial charge in [0.05, 0.1) is 5.56 Å². The Kier molecular flexibility index (Phi) is 6.11. The predicted octanol–water partition coefficient (Wildman–Crippen LogP) is 5.32. The molecular weight excluding hydrogens is 476 g/mol. The number of nitrogens with one attached hydrogen (secondary N) is 2. The average molecular weight is 495 g/mol. The van der Waals surface area contributed by atoms with Crippen molar-refractivity contribution in [1.82, 2.24) is 15.3 Å². The monoisotopic (exact) mass is 494 g/mol. The molecule has 0 fully saturated rings. The Morgan fingerprint density at radius 1 is 1.10 bits per heavy atom. The number of rotatable bonds is 4. The van der Waals surface area contributed by atoms with Crippen LogP contribution < -0.4 is 10.6 Å². The van der Waals surface area contributed by atoms with E-state index in [1.807, 2.05) is 36.4 Å². The molecule has 2 heterocycles. The lowest BCUT2D eigenvalue weighted by atomic mass is 10.1. The average Bonchev–Trinajstić information content (AvgIpc) is 3.10. The Morgan fingerprint density at radius 2 is 1.84 bits per heavy atom. The van der Waals surface area contributed by atoms with E-state index in [4.69, 9.17) is 16.6 Å². The first-order valence-electron chi connectivity index (χ1n) is 9.56. The normalized spacial score (nSPS) is 10.8. The number of hydrogen-bond acceptors (Lipinski definition) is 5. The van der Waals surface area contributed by atoms with Crippen LogP contribution in [0.25, 0.3) is 11.1 Å². The van der Waals surface area contributed by atoms with Crippen molar-refractivity contribution in [3.05, 3.63) is 87.5 Å². The molecule has 0 spiro atoms. The van der Waals surface area contributed by atoms with E-state index in [1.165, 1.54) is 17.3 Å². The van der Waals surface area contributed by atoms with Gasteiger partial charge in [-0.1, -0.05) is 12.1 Å². The number of carbonyl (C=O) groups is 1. The molecule has 6 nitrogen and oxygen atoms in total. The van der Waals surface area contributed by atoms with Crippen LogP contribution in [0, 0.1) is 13.8 Å². The van der Waals surface area contributed by atoms with Gasteiger partial charge in [0.1, 0.15) is 5.52 Å². The van der Waals surface area contributed by atoms with Crippen molar-refractivity contribution in [3.63, 3.8) is 0 Å². The topological polar surface area (TPSA) is 80.0 Å². The minimum atomic E-state index is -0.329. The summed E-state index contributed by atoms with van der Waals surface area (Å²) in [6.07, 6.45) is 3.67. The number of oxazole rings is 1. The van der Waals surface area contributed by atoms with Crippen molar-refractivity contribution in [2.45, 2.75) is 20.3 Å². The second kappa shape index (κ2) is 8.95. The van der Waals surface area contributed by atoms with E-state index in [-0.39, 0.29) is 11.0 Å². The van der Waals surface area contributed by atoms with Gasteiger partial charge in [-0.3, -0.25) is 15.1 Å². The van der Waals surface area contributed by atoms with Gasteiger partial charge in [0.25, 0.3) is 5.91 Å². The van der Waals surface area contributed by atoms with Crippen molar-refractivity contribution >= 4 is 56.0 Å². The van der Waals surface area contributed by atoms with Crippen LogP contribution in [0.3, 0.4) is 0 Å². The third-order valence-electron chi connectivity index (χ3n) is 4.81. The molecule has 1 amide bonds. The second-order valence-electron chi connectivity index (χ2n) is 7.19. The zero-order valence-electron chi connectivity index (χ0n) is 16.9. The molecule has 4 aromatic rings. The van der Waals surface area contributed by atoms with Gasteiger partial charge < -0.3 is 9.73 Å². The zero-order chi connectivity index (χ0) is 22.0. The predicted molar refractivity (Wildman–Crippen MR) is 128 cm³/mol. The zero-order valence-corrected chi connectivity index (χ0v) is 19.3. The fourth-order valence-electron chi connectivity index (χ4n) is 3.06. The number of aromatic nitrogens is 2. The highest BCUT2D eigenvalue weighted by Crippen LogP contribution is 2.22. The van der Waals surface area contributed by atoms with Crippen LogP contribution >= 0.6 is 28.1 Å². The number of aryl methyl sites for hydroxylation is 2. The minimum absolute atomic E-state index is 0.211. The molecule has 156 valence electrons. The molecule has 0 unspecified atom stereocenters. The van der Waals surface area contributed by atoms with Crippen LogP contribution in [0.15, 0.2) is 63.7 Å². The van der Waals surface area contributed by atoms with Crippen LogP contribution in [0.5, 0.6) is 0 Å². The number of hydrogen-bond donors (Lipinski definition) is 2. The van der Waals surface area contributed by atoms with Gasteiger partial charge in [-0.15, -0.1) is 0 Å². The lowest BCUT2D eigenvalue weighted by molar-refractivity contribution is 0.0977. The van der Waals surface area contributed by atoms with Crippen LogP contribution in [-0.4, -0.2) is 21.0 Å². The molecular formula is C23H19BrN4O2S. The Balaban J connectivity index is 1.38. The van der Waals surface area contributed by atoms with Crippen molar-refractivity contribution in [1.29, 1.82) is 0 Å².